The summed E-state index contributed by atoms with van der Waals surface area (Å²) in [6.45, 7) is 1.65. The van der Waals surface area contributed by atoms with Gasteiger partial charge in [0.05, 0.1) is 0 Å². The number of aromatic nitrogens is 1. The molecule has 1 heterocycles. The van der Waals surface area contributed by atoms with Crippen LogP contribution in [0.15, 0.2) is 95.4 Å². The van der Waals surface area contributed by atoms with E-state index >= 15 is 0 Å². The molecule has 0 aliphatic heterocycles. The van der Waals surface area contributed by atoms with E-state index < -0.39 is 12.1 Å². The molecule has 0 bridgehead atoms. The van der Waals surface area contributed by atoms with Crippen molar-refractivity contribution in [2.75, 3.05) is 0 Å². The van der Waals surface area contributed by atoms with Crippen molar-refractivity contribution >= 4 is 11.8 Å². The van der Waals surface area contributed by atoms with Crippen molar-refractivity contribution in [3.8, 4) is 11.5 Å². The van der Waals surface area contributed by atoms with Crippen molar-refractivity contribution < 1.29 is 18.7 Å². The van der Waals surface area contributed by atoms with Gasteiger partial charge in [0.25, 0.3) is 0 Å². The van der Waals surface area contributed by atoms with E-state index in [9.17, 15) is 9.59 Å². The third kappa shape index (κ3) is 4.05. The Bertz CT molecular complexity index is 1150. The molecule has 0 amide bonds. The van der Waals surface area contributed by atoms with E-state index in [4.69, 9.17) is 9.15 Å². The van der Waals surface area contributed by atoms with Crippen LogP contribution in [0.2, 0.25) is 0 Å². The highest BCUT2D eigenvalue weighted by Crippen LogP contribution is 2.26. The SMILES string of the molecule is Cc1oc(-c2ccccc2)nc1C(=O)O[C@H](C(=O)c1ccccc1)c1ccccc1. The first-order chi connectivity index (χ1) is 14.6. The Labute approximate surface area is 174 Å². The number of aryl methyl sites for hydroxylation is 1. The minimum atomic E-state index is -1.09. The Hall–Kier alpha value is -3.99. The first kappa shape index (κ1) is 19.3. The summed E-state index contributed by atoms with van der Waals surface area (Å²) < 4.78 is 11.3. The lowest BCUT2D eigenvalue weighted by atomic mass is 10.00. The fourth-order valence-corrected chi connectivity index (χ4v) is 3.11. The van der Waals surface area contributed by atoms with Gasteiger partial charge >= 0.3 is 5.97 Å². The van der Waals surface area contributed by atoms with Gasteiger partial charge in [0.1, 0.15) is 5.76 Å². The fraction of sp³-hybridized carbons (Fsp3) is 0.0800. The Morgan fingerprint density at radius 3 is 2.03 bits per heavy atom. The maximum Gasteiger partial charge on any atom is 0.361 e. The topological polar surface area (TPSA) is 69.4 Å². The Morgan fingerprint density at radius 2 is 1.40 bits per heavy atom. The van der Waals surface area contributed by atoms with Crippen molar-refractivity contribution in [1.82, 2.24) is 4.98 Å². The zero-order valence-corrected chi connectivity index (χ0v) is 16.3. The van der Waals surface area contributed by atoms with E-state index in [1.165, 1.54) is 0 Å². The van der Waals surface area contributed by atoms with Gasteiger partial charge in [-0.25, -0.2) is 9.78 Å². The van der Waals surface area contributed by atoms with Crippen LogP contribution in [0.3, 0.4) is 0 Å². The Kier molecular flexibility index (Phi) is 5.52. The summed E-state index contributed by atoms with van der Waals surface area (Å²) >= 11 is 0. The molecule has 4 aromatic rings. The summed E-state index contributed by atoms with van der Waals surface area (Å²) in [6.07, 6.45) is -1.09. The molecule has 0 aliphatic carbocycles. The minimum Gasteiger partial charge on any atom is -0.444 e. The molecule has 0 aliphatic rings. The number of benzene rings is 3. The van der Waals surface area contributed by atoms with Gasteiger partial charge in [-0.3, -0.25) is 4.79 Å². The molecule has 0 saturated heterocycles. The number of rotatable bonds is 6. The number of hydrogen-bond donors (Lipinski definition) is 0. The van der Waals surface area contributed by atoms with Crippen LogP contribution in [0.4, 0.5) is 0 Å². The van der Waals surface area contributed by atoms with Gasteiger partial charge in [-0.2, -0.15) is 0 Å². The number of ether oxygens (including phenoxy) is 1. The first-order valence-corrected chi connectivity index (χ1v) is 9.51. The summed E-state index contributed by atoms with van der Waals surface area (Å²) in [5.74, 6) is -0.361. The molecule has 5 nitrogen and oxygen atoms in total. The Morgan fingerprint density at radius 1 is 0.833 bits per heavy atom. The highest BCUT2D eigenvalue weighted by atomic mass is 16.5. The van der Waals surface area contributed by atoms with Gasteiger partial charge < -0.3 is 9.15 Å². The highest BCUT2D eigenvalue weighted by molar-refractivity contribution is 6.02. The summed E-state index contributed by atoms with van der Waals surface area (Å²) in [5.41, 5.74) is 1.85. The van der Waals surface area contributed by atoms with Gasteiger partial charge in [-0.05, 0) is 19.1 Å². The number of oxazole rings is 1. The molecule has 148 valence electrons. The maximum absolute atomic E-state index is 13.1. The number of carbonyl (C=O) groups excluding carboxylic acids is 2. The predicted molar refractivity (Wildman–Crippen MR) is 112 cm³/mol. The molecule has 0 fully saturated rings. The van der Waals surface area contributed by atoms with Gasteiger partial charge in [0.15, 0.2) is 11.8 Å². The van der Waals surface area contributed by atoms with Crippen molar-refractivity contribution in [2.45, 2.75) is 13.0 Å². The lowest BCUT2D eigenvalue weighted by Crippen LogP contribution is -2.21. The van der Waals surface area contributed by atoms with Crippen LogP contribution < -0.4 is 0 Å². The van der Waals surface area contributed by atoms with E-state index in [1.54, 1.807) is 55.5 Å². The standard InChI is InChI=1S/C25H19NO4/c1-17-21(26-24(29-17)20-15-9-4-10-16-20)25(28)30-23(19-13-7-3-8-14-19)22(27)18-11-5-2-6-12-18/h2-16,23H,1H3/t23-/m0/s1. The molecule has 4 rings (SSSR count). The third-order valence-electron chi connectivity index (χ3n) is 4.63. The van der Waals surface area contributed by atoms with Gasteiger partial charge in [-0.1, -0.05) is 78.9 Å². The lowest BCUT2D eigenvalue weighted by Gasteiger charge is -2.17. The lowest BCUT2D eigenvalue weighted by molar-refractivity contribution is 0.0273. The monoisotopic (exact) mass is 397 g/mol. The number of ketones is 1. The third-order valence-corrected chi connectivity index (χ3v) is 4.63. The van der Waals surface area contributed by atoms with E-state index in [0.717, 1.165) is 5.56 Å². The van der Waals surface area contributed by atoms with Gasteiger partial charge in [0.2, 0.25) is 11.7 Å². The van der Waals surface area contributed by atoms with E-state index in [2.05, 4.69) is 4.98 Å². The van der Waals surface area contributed by atoms with Crippen LogP contribution in [-0.4, -0.2) is 16.7 Å². The molecular formula is C25H19NO4. The molecule has 0 N–H and O–H groups in total. The van der Waals surface area contributed by atoms with Crippen molar-refractivity contribution in [2.24, 2.45) is 0 Å². The molecular weight excluding hydrogens is 378 g/mol. The van der Waals surface area contributed by atoms with E-state index in [-0.39, 0.29) is 11.5 Å². The second-order valence-corrected chi connectivity index (χ2v) is 6.72. The second kappa shape index (κ2) is 8.57. The molecule has 30 heavy (non-hydrogen) atoms. The van der Waals surface area contributed by atoms with Crippen LogP contribution in [0.25, 0.3) is 11.5 Å². The van der Waals surface area contributed by atoms with Crippen molar-refractivity contribution in [3.63, 3.8) is 0 Å². The maximum atomic E-state index is 13.1. The zero-order valence-electron chi connectivity index (χ0n) is 16.3. The van der Waals surface area contributed by atoms with Crippen LogP contribution >= 0.6 is 0 Å². The zero-order chi connectivity index (χ0) is 20.9. The van der Waals surface area contributed by atoms with Crippen LogP contribution in [0, 0.1) is 6.92 Å². The summed E-state index contributed by atoms with van der Waals surface area (Å²) in [5, 5.41) is 0. The number of esters is 1. The van der Waals surface area contributed by atoms with Crippen molar-refractivity contribution in [3.05, 3.63) is 114 Å². The number of nitrogens with zero attached hydrogens (tertiary/aromatic N) is 1. The average Bonchev–Trinajstić information content (AvgIpc) is 3.20. The number of carbonyl (C=O) groups is 2. The largest absolute Gasteiger partial charge is 0.444 e. The number of hydrogen-bond acceptors (Lipinski definition) is 5. The molecule has 0 unspecified atom stereocenters. The highest BCUT2D eigenvalue weighted by Gasteiger charge is 2.29. The summed E-state index contributed by atoms with van der Waals surface area (Å²) in [6, 6.07) is 27.0. The normalized spacial score (nSPS) is 11.6. The molecule has 5 heteroatoms. The quantitative estimate of drug-likeness (QED) is 0.320. The molecule has 0 spiro atoms. The smallest absolute Gasteiger partial charge is 0.361 e. The first-order valence-electron chi connectivity index (χ1n) is 9.51. The Balaban J connectivity index is 1.64. The van der Waals surface area contributed by atoms with E-state index in [1.807, 2.05) is 42.5 Å². The van der Waals surface area contributed by atoms with E-state index in [0.29, 0.717) is 22.8 Å². The van der Waals surface area contributed by atoms with Crippen LogP contribution in [0.1, 0.15) is 38.3 Å². The molecule has 0 radical (unpaired) electrons. The van der Waals surface area contributed by atoms with Gasteiger partial charge in [-0.15, -0.1) is 0 Å². The summed E-state index contributed by atoms with van der Waals surface area (Å²) in [4.78, 5) is 30.3. The molecule has 0 saturated carbocycles. The molecule has 1 atom stereocenters. The second-order valence-electron chi connectivity index (χ2n) is 6.72. The molecule has 1 aromatic heterocycles. The predicted octanol–water partition coefficient (Wildman–Crippen LogP) is 5.43. The van der Waals surface area contributed by atoms with Crippen LogP contribution in [0.5, 0.6) is 0 Å². The van der Waals surface area contributed by atoms with Crippen molar-refractivity contribution in [1.29, 1.82) is 0 Å². The van der Waals surface area contributed by atoms with Crippen LogP contribution in [-0.2, 0) is 4.74 Å². The molecule has 3 aromatic carbocycles. The minimum absolute atomic E-state index is 0.0515. The summed E-state index contributed by atoms with van der Waals surface area (Å²) in [7, 11) is 0. The average molecular weight is 397 g/mol. The fourth-order valence-electron chi connectivity index (χ4n) is 3.11. The van der Waals surface area contributed by atoms with Gasteiger partial charge in [0, 0.05) is 16.7 Å². The number of Topliss-reactive ketones (excluding diaryl/α,β-unsaturated/α-hetero) is 1.